The van der Waals surface area contributed by atoms with E-state index in [1.807, 2.05) is 30.3 Å². The monoisotopic (exact) mass is 329 g/mol. The molecule has 0 radical (unpaired) electrons. The standard InChI is InChI=1S/C20H15N3O2/c21-15-10-11-17(14-6-3-9-19(25)20(14)15)23-22-16-7-1-5-13-12(16)4-2-8-18(13)24/h1-11,24-25H,21H2. The number of azo groups is 1. The molecule has 0 aromatic heterocycles. The fourth-order valence-corrected chi connectivity index (χ4v) is 2.96. The Hall–Kier alpha value is -3.60. The van der Waals surface area contributed by atoms with Gasteiger partial charge in [-0.05, 0) is 30.3 Å². The number of phenolic OH excluding ortho intramolecular Hbond substituents is 2. The van der Waals surface area contributed by atoms with Crippen molar-refractivity contribution < 1.29 is 10.2 Å². The zero-order valence-electron chi connectivity index (χ0n) is 13.2. The Morgan fingerprint density at radius 1 is 0.600 bits per heavy atom. The van der Waals surface area contributed by atoms with Crippen molar-refractivity contribution in [1.29, 1.82) is 0 Å². The quantitative estimate of drug-likeness (QED) is 0.339. The van der Waals surface area contributed by atoms with Crippen molar-refractivity contribution >= 4 is 38.6 Å². The predicted octanol–water partition coefficient (Wildman–Crippen LogP) is 5.40. The van der Waals surface area contributed by atoms with Crippen LogP contribution in [-0.4, -0.2) is 10.2 Å². The molecule has 4 rings (SSSR count). The average molecular weight is 329 g/mol. The largest absolute Gasteiger partial charge is 0.507 e. The summed E-state index contributed by atoms with van der Waals surface area (Å²) in [4.78, 5) is 0. The minimum Gasteiger partial charge on any atom is -0.507 e. The Bertz CT molecular complexity index is 1130. The second-order valence-electron chi connectivity index (χ2n) is 5.72. The number of nitrogens with zero attached hydrogens (tertiary/aromatic N) is 2. The Labute approximate surface area is 143 Å². The first kappa shape index (κ1) is 15.0. The summed E-state index contributed by atoms with van der Waals surface area (Å²) in [5.74, 6) is 0.319. The molecule has 4 aromatic carbocycles. The third kappa shape index (κ3) is 2.52. The summed E-state index contributed by atoms with van der Waals surface area (Å²) in [6.45, 7) is 0. The summed E-state index contributed by atoms with van der Waals surface area (Å²) in [6, 6.07) is 19.4. The van der Waals surface area contributed by atoms with Gasteiger partial charge in [0.05, 0.1) is 11.4 Å². The molecular formula is C20H15N3O2. The molecule has 0 aliphatic carbocycles. The summed E-state index contributed by atoms with van der Waals surface area (Å²) >= 11 is 0. The Morgan fingerprint density at radius 2 is 1.20 bits per heavy atom. The van der Waals surface area contributed by atoms with Gasteiger partial charge in [0, 0.05) is 27.2 Å². The number of phenols is 2. The van der Waals surface area contributed by atoms with E-state index in [9.17, 15) is 10.2 Å². The zero-order chi connectivity index (χ0) is 17.4. The van der Waals surface area contributed by atoms with Gasteiger partial charge in [-0.25, -0.2) is 0 Å². The highest BCUT2D eigenvalue weighted by atomic mass is 16.3. The second kappa shape index (κ2) is 5.79. The first-order valence-electron chi connectivity index (χ1n) is 7.78. The van der Waals surface area contributed by atoms with Gasteiger partial charge in [0.15, 0.2) is 0 Å². The van der Waals surface area contributed by atoms with E-state index in [1.54, 1.807) is 36.4 Å². The van der Waals surface area contributed by atoms with Gasteiger partial charge in [0.1, 0.15) is 11.5 Å². The lowest BCUT2D eigenvalue weighted by Gasteiger charge is -2.07. The molecule has 25 heavy (non-hydrogen) atoms. The average Bonchev–Trinajstić information content (AvgIpc) is 2.62. The predicted molar refractivity (Wildman–Crippen MR) is 99.8 cm³/mol. The van der Waals surface area contributed by atoms with Crippen molar-refractivity contribution in [3.8, 4) is 11.5 Å². The number of nitrogen functional groups attached to an aromatic ring is 1. The molecule has 0 aliphatic rings. The highest BCUT2D eigenvalue weighted by Crippen LogP contribution is 2.37. The normalized spacial score (nSPS) is 11.5. The maximum absolute atomic E-state index is 10.1. The molecule has 4 N–H and O–H groups in total. The third-order valence-electron chi connectivity index (χ3n) is 4.17. The molecule has 0 saturated heterocycles. The highest BCUT2D eigenvalue weighted by Gasteiger charge is 2.08. The van der Waals surface area contributed by atoms with Crippen LogP contribution >= 0.6 is 0 Å². The van der Waals surface area contributed by atoms with Crippen molar-refractivity contribution in [1.82, 2.24) is 0 Å². The first-order chi connectivity index (χ1) is 12.1. The third-order valence-corrected chi connectivity index (χ3v) is 4.17. The molecule has 0 bridgehead atoms. The van der Waals surface area contributed by atoms with Gasteiger partial charge in [-0.3, -0.25) is 0 Å². The fraction of sp³-hybridized carbons (Fsp3) is 0. The molecule has 0 spiro atoms. The van der Waals surface area contributed by atoms with Crippen LogP contribution < -0.4 is 5.73 Å². The molecule has 4 aromatic rings. The Balaban J connectivity index is 1.87. The number of aromatic hydroxyl groups is 2. The van der Waals surface area contributed by atoms with E-state index >= 15 is 0 Å². The van der Waals surface area contributed by atoms with Crippen molar-refractivity contribution in [3.63, 3.8) is 0 Å². The van der Waals surface area contributed by atoms with Crippen molar-refractivity contribution in [2.45, 2.75) is 0 Å². The minimum absolute atomic E-state index is 0.113. The molecule has 0 fully saturated rings. The van der Waals surface area contributed by atoms with Crippen LogP contribution in [0, 0.1) is 0 Å². The number of anilines is 1. The number of rotatable bonds is 2. The lowest BCUT2D eigenvalue weighted by molar-refractivity contribution is 0.481. The van der Waals surface area contributed by atoms with Gasteiger partial charge in [-0.1, -0.05) is 36.4 Å². The molecule has 0 heterocycles. The number of hydrogen-bond donors (Lipinski definition) is 3. The molecule has 5 nitrogen and oxygen atoms in total. The number of benzene rings is 4. The van der Waals surface area contributed by atoms with E-state index < -0.39 is 0 Å². The zero-order valence-corrected chi connectivity index (χ0v) is 13.2. The summed E-state index contributed by atoms with van der Waals surface area (Å²) in [5.41, 5.74) is 7.71. The van der Waals surface area contributed by atoms with Gasteiger partial charge < -0.3 is 15.9 Å². The van der Waals surface area contributed by atoms with Crippen LogP contribution in [0.2, 0.25) is 0 Å². The molecule has 0 unspecified atom stereocenters. The van der Waals surface area contributed by atoms with Crippen LogP contribution in [0.3, 0.4) is 0 Å². The summed E-state index contributed by atoms with van der Waals surface area (Å²) in [6.07, 6.45) is 0. The van der Waals surface area contributed by atoms with E-state index in [0.29, 0.717) is 22.4 Å². The smallest absolute Gasteiger partial charge is 0.125 e. The highest BCUT2D eigenvalue weighted by molar-refractivity contribution is 6.03. The molecule has 5 heteroatoms. The molecule has 0 amide bonds. The van der Waals surface area contributed by atoms with Crippen LogP contribution in [-0.2, 0) is 0 Å². The van der Waals surface area contributed by atoms with Gasteiger partial charge >= 0.3 is 0 Å². The molecule has 0 aliphatic heterocycles. The summed E-state index contributed by atoms with van der Waals surface area (Å²) < 4.78 is 0. The van der Waals surface area contributed by atoms with Gasteiger partial charge in [0.25, 0.3) is 0 Å². The van der Waals surface area contributed by atoms with Crippen LogP contribution in [0.15, 0.2) is 77.0 Å². The SMILES string of the molecule is Nc1ccc(N=Nc2cccc3c(O)cccc23)c2cccc(O)c12. The van der Waals surface area contributed by atoms with E-state index in [1.165, 1.54) is 0 Å². The van der Waals surface area contributed by atoms with Crippen molar-refractivity contribution in [3.05, 3.63) is 66.7 Å². The van der Waals surface area contributed by atoms with Gasteiger partial charge in [0.2, 0.25) is 0 Å². The molecule has 0 saturated carbocycles. The first-order valence-corrected chi connectivity index (χ1v) is 7.78. The van der Waals surface area contributed by atoms with Crippen LogP contribution in [0.4, 0.5) is 17.1 Å². The van der Waals surface area contributed by atoms with Crippen LogP contribution in [0.1, 0.15) is 0 Å². The molecular weight excluding hydrogens is 314 g/mol. The lowest BCUT2D eigenvalue weighted by Crippen LogP contribution is -1.87. The second-order valence-corrected chi connectivity index (χ2v) is 5.72. The minimum atomic E-state index is 0.113. The Kier molecular flexibility index (Phi) is 3.47. The number of hydrogen-bond acceptors (Lipinski definition) is 5. The van der Waals surface area contributed by atoms with E-state index in [0.717, 1.165) is 16.2 Å². The fourth-order valence-electron chi connectivity index (χ4n) is 2.96. The summed E-state index contributed by atoms with van der Waals surface area (Å²) in [7, 11) is 0. The van der Waals surface area contributed by atoms with Crippen molar-refractivity contribution in [2.75, 3.05) is 5.73 Å². The van der Waals surface area contributed by atoms with E-state index in [-0.39, 0.29) is 11.5 Å². The topological polar surface area (TPSA) is 91.2 Å². The summed E-state index contributed by atoms with van der Waals surface area (Å²) in [5, 5.41) is 31.5. The lowest BCUT2D eigenvalue weighted by atomic mass is 10.1. The number of nitrogens with two attached hydrogens (primary N) is 1. The molecule has 0 atom stereocenters. The van der Waals surface area contributed by atoms with Gasteiger partial charge in [-0.2, -0.15) is 0 Å². The van der Waals surface area contributed by atoms with E-state index in [4.69, 9.17) is 5.73 Å². The number of fused-ring (bicyclic) bond motifs is 2. The van der Waals surface area contributed by atoms with Gasteiger partial charge in [-0.15, -0.1) is 10.2 Å². The molecule has 122 valence electrons. The maximum Gasteiger partial charge on any atom is 0.125 e. The van der Waals surface area contributed by atoms with Crippen molar-refractivity contribution in [2.24, 2.45) is 10.2 Å². The maximum atomic E-state index is 10.1. The van der Waals surface area contributed by atoms with Crippen LogP contribution in [0.5, 0.6) is 11.5 Å². The van der Waals surface area contributed by atoms with Crippen LogP contribution in [0.25, 0.3) is 21.5 Å². The van der Waals surface area contributed by atoms with E-state index in [2.05, 4.69) is 10.2 Å². The Morgan fingerprint density at radius 3 is 2.00 bits per heavy atom.